The quantitative estimate of drug-likeness (QED) is 0.832. The summed E-state index contributed by atoms with van der Waals surface area (Å²) in [5.41, 5.74) is 0.0199. The van der Waals surface area contributed by atoms with E-state index in [1.807, 2.05) is 0 Å². The summed E-state index contributed by atoms with van der Waals surface area (Å²) in [7, 11) is 0. The maximum absolute atomic E-state index is 12.3. The van der Waals surface area contributed by atoms with E-state index in [1.54, 1.807) is 17.0 Å². The van der Waals surface area contributed by atoms with Crippen LogP contribution >= 0.6 is 0 Å². The molecule has 0 radical (unpaired) electrons. The fraction of sp³-hybridized carbons (Fsp3) is 0.750. The number of nitrogens with zero attached hydrogens (tertiary/aromatic N) is 2. The lowest BCUT2D eigenvalue weighted by Crippen LogP contribution is -2.28. The summed E-state index contributed by atoms with van der Waals surface area (Å²) >= 11 is 0. The molecule has 110 valence electrons. The van der Waals surface area contributed by atoms with Gasteiger partial charge in [-0.3, -0.25) is 4.79 Å². The van der Waals surface area contributed by atoms with Crippen LogP contribution in [-0.2, 0) is 6.54 Å². The zero-order valence-corrected chi connectivity index (χ0v) is 12.5. The lowest BCUT2D eigenvalue weighted by Gasteiger charge is -2.17. The van der Waals surface area contributed by atoms with E-state index in [2.05, 4.69) is 24.1 Å². The van der Waals surface area contributed by atoms with Crippen molar-refractivity contribution >= 4 is 5.82 Å². The van der Waals surface area contributed by atoms with Crippen molar-refractivity contribution in [1.82, 2.24) is 9.55 Å². The van der Waals surface area contributed by atoms with E-state index in [1.165, 1.54) is 25.7 Å². The van der Waals surface area contributed by atoms with Crippen LogP contribution < -0.4 is 10.9 Å². The van der Waals surface area contributed by atoms with Gasteiger partial charge in [0.25, 0.3) is 5.56 Å². The summed E-state index contributed by atoms with van der Waals surface area (Å²) in [6, 6.07) is 0. The van der Waals surface area contributed by atoms with Gasteiger partial charge < -0.3 is 9.88 Å². The maximum Gasteiger partial charge on any atom is 0.293 e. The highest BCUT2D eigenvalue weighted by Crippen LogP contribution is 2.49. The van der Waals surface area contributed by atoms with Crippen LogP contribution in [0.2, 0.25) is 0 Å². The van der Waals surface area contributed by atoms with Crippen LogP contribution in [-0.4, -0.2) is 16.1 Å². The van der Waals surface area contributed by atoms with Crippen molar-refractivity contribution in [2.45, 2.75) is 46.1 Å². The Morgan fingerprint density at radius 2 is 1.95 bits per heavy atom. The standard InChI is InChI=1S/C16H25N3O/c1-11(2)10-19-8-7-17-15(16(19)20)18-9-14(12-3-4-12)13-5-6-13/h7-8,11-14H,3-6,9-10H2,1-2H3,(H,17,18). The van der Waals surface area contributed by atoms with Crippen LogP contribution in [0.4, 0.5) is 5.82 Å². The van der Waals surface area contributed by atoms with E-state index in [-0.39, 0.29) is 5.56 Å². The Morgan fingerprint density at radius 3 is 2.50 bits per heavy atom. The smallest absolute Gasteiger partial charge is 0.293 e. The number of anilines is 1. The Balaban J connectivity index is 1.65. The second kappa shape index (κ2) is 5.58. The van der Waals surface area contributed by atoms with E-state index in [0.29, 0.717) is 11.7 Å². The van der Waals surface area contributed by atoms with Crippen LogP contribution in [0.15, 0.2) is 17.2 Å². The van der Waals surface area contributed by atoms with E-state index < -0.39 is 0 Å². The van der Waals surface area contributed by atoms with Gasteiger partial charge in [-0.05, 0) is 49.4 Å². The number of nitrogens with one attached hydrogen (secondary N) is 1. The van der Waals surface area contributed by atoms with Crippen LogP contribution in [0, 0.1) is 23.7 Å². The minimum atomic E-state index is 0.0199. The van der Waals surface area contributed by atoms with Gasteiger partial charge >= 0.3 is 0 Å². The van der Waals surface area contributed by atoms with Gasteiger partial charge in [-0.1, -0.05) is 13.8 Å². The highest BCUT2D eigenvalue weighted by Gasteiger charge is 2.41. The number of hydrogen-bond acceptors (Lipinski definition) is 3. The summed E-state index contributed by atoms with van der Waals surface area (Å²) in [4.78, 5) is 16.6. The Hall–Kier alpha value is -1.32. The van der Waals surface area contributed by atoms with Gasteiger partial charge in [0.15, 0.2) is 5.82 Å². The van der Waals surface area contributed by atoms with E-state index in [4.69, 9.17) is 0 Å². The predicted molar refractivity (Wildman–Crippen MR) is 80.8 cm³/mol. The first-order chi connectivity index (χ1) is 9.65. The number of aromatic nitrogens is 2. The molecular formula is C16H25N3O. The summed E-state index contributed by atoms with van der Waals surface area (Å²) in [5.74, 6) is 3.55. The lowest BCUT2D eigenvalue weighted by molar-refractivity contribution is 0.427. The molecule has 0 aromatic carbocycles. The predicted octanol–water partition coefficient (Wildman–Crippen LogP) is 2.75. The zero-order valence-electron chi connectivity index (χ0n) is 12.5. The average Bonchev–Trinajstić information content (AvgIpc) is 3.26. The lowest BCUT2D eigenvalue weighted by atomic mass is 9.98. The molecule has 0 aliphatic heterocycles. The van der Waals surface area contributed by atoms with Crippen molar-refractivity contribution in [1.29, 1.82) is 0 Å². The van der Waals surface area contributed by atoms with Crippen molar-refractivity contribution in [3.8, 4) is 0 Å². The summed E-state index contributed by atoms with van der Waals surface area (Å²) in [6.45, 7) is 5.92. The molecule has 3 rings (SSSR count). The minimum absolute atomic E-state index is 0.0199. The SMILES string of the molecule is CC(C)Cn1ccnc(NCC(C2CC2)C2CC2)c1=O. The Morgan fingerprint density at radius 1 is 1.30 bits per heavy atom. The zero-order chi connectivity index (χ0) is 14.1. The first kappa shape index (κ1) is 13.7. The van der Waals surface area contributed by atoms with Crippen molar-refractivity contribution in [2.75, 3.05) is 11.9 Å². The maximum atomic E-state index is 12.3. The fourth-order valence-corrected chi connectivity index (χ4v) is 3.09. The Bertz CT molecular complexity index is 503. The molecule has 2 fully saturated rings. The van der Waals surface area contributed by atoms with E-state index >= 15 is 0 Å². The molecule has 1 aromatic rings. The molecule has 1 heterocycles. The van der Waals surface area contributed by atoms with Gasteiger partial charge in [-0.2, -0.15) is 0 Å². The van der Waals surface area contributed by atoms with Gasteiger partial charge in [-0.25, -0.2) is 4.98 Å². The van der Waals surface area contributed by atoms with Crippen molar-refractivity contribution in [3.63, 3.8) is 0 Å². The van der Waals surface area contributed by atoms with Crippen LogP contribution in [0.3, 0.4) is 0 Å². The van der Waals surface area contributed by atoms with Crippen molar-refractivity contribution in [2.24, 2.45) is 23.7 Å². The van der Waals surface area contributed by atoms with Gasteiger partial charge in [0, 0.05) is 25.5 Å². The molecule has 0 unspecified atom stereocenters. The average molecular weight is 275 g/mol. The molecule has 4 heteroatoms. The molecule has 2 aliphatic rings. The van der Waals surface area contributed by atoms with Crippen molar-refractivity contribution < 1.29 is 0 Å². The normalized spacial score (nSPS) is 18.8. The number of hydrogen-bond donors (Lipinski definition) is 1. The molecule has 2 saturated carbocycles. The minimum Gasteiger partial charge on any atom is -0.365 e. The van der Waals surface area contributed by atoms with Gasteiger partial charge in [0.05, 0.1) is 0 Å². The first-order valence-corrected chi connectivity index (χ1v) is 7.94. The molecule has 1 aromatic heterocycles. The number of rotatable bonds is 7. The highest BCUT2D eigenvalue weighted by molar-refractivity contribution is 5.31. The molecule has 20 heavy (non-hydrogen) atoms. The molecule has 0 atom stereocenters. The topological polar surface area (TPSA) is 46.9 Å². The second-order valence-electron chi connectivity index (χ2n) is 6.85. The highest BCUT2D eigenvalue weighted by atomic mass is 16.1. The molecule has 0 bridgehead atoms. The molecule has 0 spiro atoms. The summed E-state index contributed by atoms with van der Waals surface area (Å²) < 4.78 is 1.77. The van der Waals surface area contributed by atoms with Crippen LogP contribution in [0.25, 0.3) is 0 Å². The fourth-order valence-electron chi connectivity index (χ4n) is 3.09. The molecule has 1 N–H and O–H groups in total. The monoisotopic (exact) mass is 275 g/mol. The van der Waals surface area contributed by atoms with Gasteiger partial charge in [0.1, 0.15) is 0 Å². The van der Waals surface area contributed by atoms with Crippen molar-refractivity contribution in [3.05, 3.63) is 22.7 Å². The molecule has 0 saturated heterocycles. The molecule has 2 aliphatic carbocycles. The molecule has 0 amide bonds. The van der Waals surface area contributed by atoms with Crippen LogP contribution in [0.5, 0.6) is 0 Å². The molecular weight excluding hydrogens is 250 g/mol. The largest absolute Gasteiger partial charge is 0.365 e. The first-order valence-electron chi connectivity index (χ1n) is 7.94. The third-order valence-corrected chi connectivity index (χ3v) is 4.44. The van der Waals surface area contributed by atoms with Gasteiger partial charge in [0.2, 0.25) is 0 Å². The van der Waals surface area contributed by atoms with Crippen LogP contribution in [0.1, 0.15) is 39.5 Å². The van der Waals surface area contributed by atoms with E-state index in [9.17, 15) is 4.79 Å². The van der Waals surface area contributed by atoms with E-state index in [0.717, 1.165) is 30.8 Å². The Kier molecular flexibility index (Phi) is 3.81. The summed E-state index contributed by atoms with van der Waals surface area (Å²) in [5, 5.41) is 3.32. The summed E-state index contributed by atoms with van der Waals surface area (Å²) in [6.07, 6.45) is 9.03. The second-order valence-corrected chi connectivity index (χ2v) is 6.85. The van der Waals surface area contributed by atoms with Gasteiger partial charge in [-0.15, -0.1) is 0 Å². The molecule has 4 nitrogen and oxygen atoms in total. The Labute approximate surface area is 120 Å². The third kappa shape index (κ3) is 3.22. The third-order valence-electron chi connectivity index (χ3n) is 4.44.